The Balaban J connectivity index is 2.45. The van der Waals surface area contributed by atoms with Crippen LogP contribution in [-0.4, -0.2) is 29.0 Å². The lowest BCUT2D eigenvalue weighted by Gasteiger charge is -2.21. The van der Waals surface area contributed by atoms with Crippen LogP contribution in [0.1, 0.15) is 37.2 Å². The highest BCUT2D eigenvalue weighted by Gasteiger charge is 2.14. The van der Waals surface area contributed by atoms with Gasteiger partial charge in [-0.05, 0) is 19.4 Å². The summed E-state index contributed by atoms with van der Waals surface area (Å²) in [6.07, 6.45) is 2.15. The zero-order valence-electron chi connectivity index (χ0n) is 13.1. The van der Waals surface area contributed by atoms with Gasteiger partial charge in [-0.1, -0.05) is 43.7 Å². The van der Waals surface area contributed by atoms with Crippen molar-refractivity contribution < 1.29 is 4.79 Å². The highest BCUT2D eigenvalue weighted by molar-refractivity contribution is 5.92. The largest absolute Gasteiger partial charge is 0.364 e. The molecule has 0 fully saturated rings. The summed E-state index contributed by atoms with van der Waals surface area (Å²) in [5.41, 5.74) is 7.33. The lowest BCUT2D eigenvalue weighted by Crippen LogP contribution is -2.27. The summed E-state index contributed by atoms with van der Waals surface area (Å²) in [6.45, 7) is 5.85. The summed E-state index contributed by atoms with van der Waals surface area (Å²) in [4.78, 5) is 22.6. The Morgan fingerprint density at radius 3 is 2.50 bits per heavy atom. The van der Waals surface area contributed by atoms with Crippen LogP contribution >= 0.6 is 0 Å². The summed E-state index contributed by atoms with van der Waals surface area (Å²) in [7, 11) is 0. The molecular formula is C17H22N4O. The standard InChI is InChI=1S/C17H22N4O/c1-3-5-11-21(4-2)17-19-14(12-15(20-17)16(18)22)13-9-7-6-8-10-13/h6-10,12H,3-5,11H2,1-2H3,(H2,18,22). The minimum absolute atomic E-state index is 0.249. The number of primary amides is 1. The predicted molar refractivity (Wildman–Crippen MR) is 88.8 cm³/mol. The second-order valence-corrected chi connectivity index (χ2v) is 5.10. The number of amides is 1. The fraction of sp³-hybridized carbons (Fsp3) is 0.353. The SMILES string of the molecule is CCCCN(CC)c1nc(C(N)=O)cc(-c2ccccc2)n1. The molecule has 1 aromatic heterocycles. The number of nitrogens with zero attached hydrogens (tertiary/aromatic N) is 3. The molecule has 0 aliphatic rings. The van der Waals surface area contributed by atoms with E-state index < -0.39 is 5.91 Å². The molecule has 5 heteroatoms. The van der Waals surface area contributed by atoms with Crippen LogP contribution in [0.4, 0.5) is 5.95 Å². The molecule has 0 radical (unpaired) electrons. The van der Waals surface area contributed by atoms with Gasteiger partial charge >= 0.3 is 0 Å². The number of rotatable bonds is 7. The van der Waals surface area contributed by atoms with E-state index in [1.807, 2.05) is 30.3 Å². The van der Waals surface area contributed by atoms with Crippen LogP contribution in [0.25, 0.3) is 11.3 Å². The average Bonchev–Trinajstić information content (AvgIpc) is 2.56. The van der Waals surface area contributed by atoms with Crippen molar-refractivity contribution in [2.45, 2.75) is 26.7 Å². The average molecular weight is 298 g/mol. The molecule has 2 rings (SSSR count). The van der Waals surface area contributed by atoms with Crippen molar-refractivity contribution in [1.29, 1.82) is 0 Å². The molecule has 0 saturated heterocycles. The van der Waals surface area contributed by atoms with Crippen LogP contribution in [0.2, 0.25) is 0 Å². The van der Waals surface area contributed by atoms with Crippen LogP contribution in [0, 0.1) is 0 Å². The van der Waals surface area contributed by atoms with Gasteiger partial charge < -0.3 is 10.6 Å². The first-order valence-corrected chi connectivity index (χ1v) is 7.65. The molecular weight excluding hydrogens is 276 g/mol. The summed E-state index contributed by atoms with van der Waals surface area (Å²) in [5.74, 6) is 0.0264. The van der Waals surface area contributed by atoms with Crippen molar-refractivity contribution in [3.05, 3.63) is 42.1 Å². The molecule has 0 aliphatic heterocycles. The van der Waals surface area contributed by atoms with E-state index in [0.29, 0.717) is 11.6 Å². The van der Waals surface area contributed by atoms with Crippen molar-refractivity contribution in [1.82, 2.24) is 9.97 Å². The molecule has 22 heavy (non-hydrogen) atoms. The molecule has 1 amide bonds. The van der Waals surface area contributed by atoms with Gasteiger partial charge in [0.1, 0.15) is 5.69 Å². The maximum atomic E-state index is 11.6. The van der Waals surface area contributed by atoms with Crippen LogP contribution in [0.3, 0.4) is 0 Å². The highest BCUT2D eigenvalue weighted by Crippen LogP contribution is 2.20. The normalized spacial score (nSPS) is 10.5. The van der Waals surface area contributed by atoms with Crippen LogP contribution in [0.15, 0.2) is 36.4 Å². The number of unbranched alkanes of at least 4 members (excludes halogenated alkanes) is 1. The molecule has 0 saturated carbocycles. The first kappa shape index (κ1) is 15.9. The molecule has 2 aromatic rings. The van der Waals surface area contributed by atoms with E-state index in [2.05, 4.69) is 28.7 Å². The summed E-state index contributed by atoms with van der Waals surface area (Å²) < 4.78 is 0. The molecule has 0 spiro atoms. The minimum atomic E-state index is -0.535. The predicted octanol–water partition coefficient (Wildman–Crippen LogP) is 2.87. The highest BCUT2D eigenvalue weighted by atomic mass is 16.1. The summed E-state index contributed by atoms with van der Waals surface area (Å²) >= 11 is 0. The maximum Gasteiger partial charge on any atom is 0.267 e. The Hall–Kier alpha value is -2.43. The molecule has 2 N–H and O–H groups in total. The zero-order valence-corrected chi connectivity index (χ0v) is 13.1. The maximum absolute atomic E-state index is 11.6. The van der Waals surface area contributed by atoms with Gasteiger partial charge in [-0.3, -0.25) is 4.79 Å². The van der Waals surface area contributed by atoms with E-state index in [1.165, 1.54) is 0 Å². The number of aromatic nitrogens is 2. The number of carbonyl (C=O) groups excluding carboxylic acids is 1. The molecule has 116 valence electrons. The fourth-order valence-corrected chi connectivity index (χ4v) is 2.21. The molecule has 0 atom stereocenters. The smallest absolute Gasteiger partial charge is 0.267 e. The van der Waals surface area contributed by atoms with Gasteiger partial charge in [-0.25, -0.2) is 9.97 Å². The van der Waals surface area contributed by atoms with Crippen LogP contribution in [-0.2, 0) is 0 Å². The first-order valence-electron chi connectivity index (χ1n) is 7.65. The topological polar surface area (TPSA) is 72.1 Å². The van der Waals surface area contributed by atoms with Gasteiger partial charge in [0, 0.05) is 18.7 Å². The van der Waals surface area contributed by atoms with Gasteiger partial charge in [-0.15, -0.1) is 0 Å². The third kappa shape index (κ3) is 3.81. The van der Waals surface area contributed by atoms with Gasteiger partial charge in [-0.2, -0.15) is 0 Å². The third-order valence-electron chi connectivity index (χ3n) is 3.48. The molecule has 1 heterocycles. The Morgan fingerprint density at radius 1 is 1.18 bits per heavy atom. The molecule has 0 bridgehead atoms. The summed E-state index contributed by atoms with van der Waals surface area (Å²) in [5, 5.41) is 0. The fourth-order valence-electron chi connectivity index (χ4n) is 2.21. The van der Waals surface area contributed by atoms with Gasteiger partial charge in [0.25, 0.3) is 5.91 Å². The van der Waals surface area contributed by atoms with E-state index in [-0.39, 0.29) is 5.69 Å². The van der Waals surface area contributed by atoms with Crippen LogP contribution in [0.5, 0.6) is 0 Å². The van der Waals surface area contributed by atoms with E-state index in [1.54, 1.807) is 6.07 Å². The number of anilines is 1. The second kappa shape index (κ2) is 7.54. The number of hydrogen-bond donors (Lipinski definition) is 1. The van der Waals surface area contributed by atoms with E-state index in [9.17, 15) is 4.79 Å². The van der Waals surface area contributed by atoms with Crippen molar-refractivity contribution in [3.8, 4) is 11.3 Å². The van der Waals surface area contributed by atoms with Crippen molar-refractivity contribution in [3.63, 3.8) is 0 Å². The molecule has 5 nitrogen and oxygen atoms in total. The quantitative estimate of drug-likeness (QED) is 0.853. The Kier molecular flexibility index (Phi) is 5.47. The number of nitrogens with two attached hydrogens (primary N) is 1. The van der Waals surface area contributed by atoms with E-state index >= 15 is 0 Å². The third-order valence-corrected chi connectivity index (χ3v) is 3.48. The summed E-state index contributed by atoms with van der Waals surface area (Å²) in [6, 6.07) is 11.4. The van der Waals surface area contributed by atoms with Gasteiger partial charge in [0.05, 0.1) is 5.69 Å². The van der Waals surface area contributed by atoms with Crippen molar-refractivity contribution in [2.75, 3.05) is 18.0 Å². The second-order valence-electron chi connectivity index (χ2n) is 5.10. The van der Waals surface area contributed by atoms with E-state index in [4.69, 9.17) is 5.73 Å². The number of hydrogen-bond acceptors (Lipinski definition) is 4. The monoisotopic (exact) mass is 298 g/mol. The minimum Gasteiger partial charge on any atom is -0.364 e. The lowest BCUT2D eigenvalue weighted by atomic mass is 10.1. The molecule has 0 aliphatic carbocycles. The van der Waals surface area contributed by atoms with Gasteiger partial charge in [0.15, 0.2) is 0 Å². The Bertz CT molecular complexity index is 628. The van der Waals surface area contributed by atoms with Crippen molar-refractivity contribution >= 4 is 11.9 Å². The molecule has 1 aromatic carbocycles. The molecule has 0 unspecified atom stereocenters. The number of carbonyl (C=O) groups is 1. The zero-order chi connectivity index (χ0) is 15.9. The van der Waals surface area contributed by atoms with Crippen molar-refractivity contribution in [2.24, 2.45) is 5.73 Å². The van der Waals surface area contributed by atoms with Crippen LogP contribution < -0.4 is 10.6 Å². The number of benzene rings is 1. The Labute approximate surface area is 131 Å². The van der Waals surface area contributed by atoms with E-state index in [0.717, 1.165) is 31.5 Å². The lowest BCUT2D eigenvalue weighted by molar-refractivity contribution is 0.0995. The Morgan fingerprint density at radius 2 is 1.91 bits per heavy atom. The van der Waals surface area contributed by atoms with Gasteiger partial charge in [0.2, 0.25) is 5.95 Å². The first-order chi connectivity index (χ1) is 10.7.